The van der Waals surface area contributed by atoms with E-state index < -0.39 is 10.0 Å². The predicted octanol–water partition coefficient (Wildman–Crippen LogP) is 2.77. The van der Waals surface area contributed by atoms with Crippen molar-refractivity contribution in [3.63, 3.8) is 0 Å². The van der Waals surface area contributed by atoms with Gasteiger partial charge in [0.2, 0.25) is 15.9 Å². The highest BCUT2D eigenvalue weighted by Gasteiger charge is 2.27. The number of amides is 1. The van der Waals surface area contributed by atoms with E-state index in [-0.39, 0.29) is 10.8 Å². The van der Waals surface area contributed by atoms with Gasteiger partial charge in [0, 0.05) is 32.3 Å². The summed E-state index contributed by atoms with van der Waals surface area (Å²) in [6, 6.07) is 5.00. The van der Waals surface area contributed by atoms with Gasteiger partial charge in [0.1, 0.15) is 0 Å². The van der Waals surface area contributed by atoms with Crippen molar-refractivity contribution in [3.05, 3.63) is 42.5 Å². The number of morpholine rings is 1. The van der Waals surface area contributed by atoms with Crippen LogP contribution in [0.5, 0.6) is 0 Å². The fraction of sp³-hybridized carbons (Fsp3) is 0.476. The summed E-state index contributed by atoms with van der Waals surface area (Å²) in [5.74, 6) is -0.301. The molecule has 0 radical (unpaired) electrons. The molecule has 1 aromatic rings. The van der Waals surface area contributed by atoms with Crippen LogP contribution in [-0.4, -0.2) is 58.0 Å². The molecule has 0 unspecified atom stereocenters. The summed E-state index contributed by atoms with van der Waals surface area (Å²) in [5.41, 5.74) is 1.30. The van der Waals surface area contributed by atoms with E-state index >= 15 is 0 Å². The fourth-order valence-corrected chi connectivity index (χ4v) is 5.08. The van der Waals surface area contributed by atoms with Gasteiger partial charge in [-0.25, -0.2) is 8.42 Å². The number of nitrogens with zero attached hydrogens (tertiary/aromatic N) is 2. The molecule has 0 saturated carbocycles. The van der Waals surface area contributed by atoms with Gasteiger partial charge in [0.15, 0.2) is 0 Å². The summed E-state index contributed by atoms with van der Waals surface area (Å²) in [6.45, 7) is 5.53. The summed E-state index contributed by atoms with van der Waals surface area (Å²) in [4.78, 5) is 14.7. The van der Waals surface area contributed by atoms with Gasteiger partial charge < -0.3 is 15.0 Å². The number of carbonyl (C=O) groups excluding carboxylic acids is 1. The van der Waals surface area contributed by atoms with Crippen LogP contribution in [0.25, 0.3) is 0 Å². The Kier molecular flexibility index (Phi) is 7.46. The molecule has 1 N–H and O–H groups in total. The zero-order valence-electron chi connectivity index (χ0n) is 16.8. The highest BCUT2D eigenvalue weighted by atomic mass is 32.2. The van der Waals surface area contributed by atoms with Gasteiger partial charge >= 0.3 is 0 Å². The summed E-state index contributed by atoms with van der Waals surface area (Å²) in [5, 5.41) is 2.86. The largest absolute Gasteiger partial charge is 0.378 e. The van der Waals surface area contributed by atoms with Crippen LogP contribution in [0.15, 0.2) is 47.4 Å². The number of nitrogens with one attached hydrogen (secondary N) is 1. The lowest BCUT2D eigenvalue weighted by Gasteiger charge is -2.31. The number of carbonyl (C=O) groups is 1. The van der Waals surface area contributed by atoms with Crippen LogP contribution in [0.2, 0.25) is 0 Å². The molecule has 1 amide bonds. The number of piperidine rings is 1. The van der Waals surface area contributed by atoms with Gasteiger partial charge in [-0.3, -0.25) is 4.79 Å². The van der Waals surface area contributed by atoms with E-state index in [1.807, 2.05) is 13.0 Å². The molecule has 2 heterocycles. The maximum atomic E-state index is 13.1. The number of rotatable bonds is 6. The quantitative estimate of drug-likeness (QED) is 0.567. The molecule has 1 aromatic carbocycles. The Balaban J connectivity index is 1.92. The summed E-state index contributed by atoms with van der Waals surface area (Å²) >= 11 is 0. The van der Waals surface area contributed by atoms with Gasteiger partial charge in [-0.2, -0.15) is 4.31 Å². The number of hydrogen-bond donors (Lipinski definition) is 1. The minimum atomic E-state index is -3.58. The third-order valence-electron chi connectivity index (χ3n) is 5.08. The minimum Gasteiger partial charge on any atom is -0.378 e. The van der Waals surface area contributed by atoms with E-state index in [9.17, 15) is 13.2 Å². The Hall–Kier alpha value is -2.16. The third-order valence-corrected chi connectivity index (χ3v) is 6.98. The highest BCUT2D eigenvalue weighted by molar-refractivity contribution is 7.89. The summed E-state index contributed by atoms with van der Waals surface area (Å²) in [6.07, 6.45) is 9.48. The van der Waals surface area contributed by atoms with Crippen molar-refractivity contribution < 1.29 is 17.9 Å². The van der Waals surface area contributed by atoms with Crippen molar-refractivity contribution in [1.82, 2.24) is 4.31 Å². The van der Waals surface area contributed by atoms with Gasteiger partial charge in [-0.05, 0) is 38.0 Å². The molecular formula is C21H29N3O4S. The number of ether oxygens (including phenoxy) is 1. The molecule has 158 valence electrons. The number of sulfonamides is 1. The maximum absolute atomic E-state index is 13.1. The van der Waals surface area contributed by atoms with Crippen LogP contribution in [-0.2, 0) is 19.6 Å². The van der Waals surface area contributed by atoms with Crippen molar-refractivity contribution >= 4 is 27.3 Å². The minimum absolute atomic E-state index is 0.212. The molecule has 2 fully saturated rings. The monoisotopic (exact) mass is 419 g/mol. The normalized spacial score (nSPS) is 19.1. The number of hydrogen-bond acceptors (Lipinski definition) is 5. The third kappa shape index (κ3) is 5.46. The Morgan fingerprint density at radius 3 is 2.48 bits per heavy atom. The molecule has 3 rings (SSSR count). The first kappa shape index (κ1) is 21.5. The molecule has 0 bridgehead atoms. The fourth-order valence-electron chi connectivity index (χ4n) is 3.54. The first-order chi connectivity index (χ1) is 14.0. The van der Waals surface area contributed by atoms with Crippen molar-refractivity contribution in [2.45, 2.75) is 31.1 Å². The van der Waals surface area contributed by atoms with Crippen molar-refractivity contribution in [3.8, 4) is 0 Å². The van der Waals surface area contributed by atoms with Crippen LogP contribution in [0.4, 0.5) is 11.4 Å². The Morgan fingerprint density at radius 2 is 1.79 bits per heavy atom. The van der Waals surface area contributed by atoms with Crippen molar-refractivity contribution in [2.24, 2.45) is 0 Å². The highest BCUT2D eigenvalue weighted by Crippen LogP contribution is 2.31. The van der Waals surface area contributed by atoms with Gasteiger partial charge in [-0.15, -0.1) is 0 Å². The molecule has 0 aromatic heterocycles. The molecule has 29 heavy (non-hydrogen) atoms. The van der Waals surface area contributed by atoms with Gasteiger partial charge in [-0.1, -0.05) is 24.6 Å². The Morgan fingerprint density at radius 1 is 1.07 bits per heavy atom. The maximum Gasteiger partial charge on any atom is 0.248 e. The molecule has 0 aliphatic carbocycles. The van der Waals surface area contributed by atoms with Crippen molar-refractivity contribution in [2.75, 3.05) is 49.6 Å². The van der Waals surface area contributed by atoms with E-state index in [1.165, 1.54) is 10.4 Å². The summed E-state index contributed by atoms with van der Waals surface area (Å²) in [7, 11) is -3.58. The smallest absolute Gasteiger partial charge is 0.248 e. The zero-order valence-corrected chi connectivity index (χ0v) is 17.7. The van der Waals surface area contributed by atoms with Crippen LogP contribution in [0.1, 0.15) is 26.2 Å². The first-order valence-corrected chi connectivity index (χ1v) is 11.5. The van der Waals surface area contributed by atoms with Crippen molar-refractivity contribution in [1.29, 1.82) is 0 Å². The second-order valence-electron chi connectivity index (χ2n) is 7.12. The predicted molar refractivity (Wildman–Crippen MR) is 115 cm³/mol. The van der Waals surface area contributed by atoms with Crippen LogP contribution in [0, 0.1) is 0 Å². The first-order valence-electron chi connectivity index (χ1n) is 10.1. The average Bonchev–Trinajstić information content (AvgIpc) is 2.75. The number of benzene rings is 1. The lowest BCUT2D eigenvalue weighted by Crippen LogP contribution is -2.37. The molecule has 0 spiro atoms. The average molecular weight is 420 g/mol. The van der Waals surface area contributed by atoms with Crippen LogP contribution >= 0.6 is 0 Å². The van der Waals surface area contributed by atoms with Gasteiger partial charge in [0.05, 0.1) is 29.5 Å². The second kappa shape index (κ2) is 10.0. The van der Waals surface area contributed by atoms with E-state index in [1.54, 1.807) is 30.4 Å². The van der Waals surface area contributed by atoms with E-state index in [0.29, 0.717) is 45.1 Å². The van der Waals surface area contributed by atoms with E-state index in [4.69, 9.17) is 4.74 Å². The Labute approximate surface area is 173 Å². The summed E-state index contributed by atoms with van der Waals surface area (Å²) < 4.78 is 33.1. The van der Waals surface area contributed by atoms with E-state index in [2.05, 4.69) is 10.2 Å². The van der Waals surface area contributed by atoms with Crippen LogP contribution in [0.3, 0.4) is 0 Å². The second-order valence-corrected chi connectivity index (χ2v) is 9.06. The molecule has 2 aliphatic heterocycles. The molecular weight excluding hydrogens is 390 g/mol. The molecule has 2 aliphatic rings. The van der Waals surface area contributed by atoms with E-state index in [0.717, 1.165) is 24.9 Å². The standard InChI is InChI=1S/C21H29N3O4S/c1-2-3-5-8-21(25)22-19-17-18(29(26,27)24-11-6-4-7-12-24)9-10-20(19)23-13-15-28-16-14-23/h2-3,5,8-10,17H,4,6-7,11-16H2,1H3,(H,22,25)/b3-2+,8-5+. The molecule has 0 atom stereocenters. The zero-order chi connectivity index (χ0) is 20.7. The lowest BCUT2D eigenvalue weighted by atomic mass is 10.2. The lowest BCUT2D eigenvalue weighted by molar-refractivity contribution is -0.111. The SMILES string of the molecule is C/C=C/C=C/C(=O)Nc1cc(S(=O)(=O)N2CCCCC2)ccc1N1CCOCC1. The molecule has 8 heteroatoms. The number of anilines is 2. The van der Waals surface area contributed by atoms with Crippen LogP contribution < -0.4 is 10.2 Å². The topological polar surface area (TPSA) is 79.0 Å². The molecule has 7 nitrogen and oxygen atoms in total. The molecule has 2 saturated heterocycles. The number of allylic oxidation sites excluding steroid dienone is 3. The Bertz CT molecular complexity index is 868. The van der Waals surface area contributed by atoms with Gasteiger partial charge in [0.25, 0.3) is 0 Å².